The fourth-order valence-corrected chi connectivity index (χ4v) is 1.91. The van der Waals surface area contributed by atoms with Gasteiger partial charge in [-0.15, -0.1) is 11.3 Å². The van der Waals surface area contributed by atoms with Crippen molar-refractivity contribution < 1.29 is 4.79 Å². The minimum absolute atomic E-state index is 0.0692. The molecule has 0 unspecified atom stereocenters. The maximum Gasteiger partial charge on any atom is 0.237 e. The third-order valence-electron chi connectivity index (χ3n) is 2.17. The van der Waals surface area contributed by atoms with Gasteiger partial charge in [0.15, 0.2) is 0 Å². The van der Waals surface area contributed by atoms with Gasteiger partial charge in [0.1, 0.15) is 0 Å². The molecule has 0 aromatic carbocycles. The van der Waals surface area contributed by atoms with E-state index in [2.05, 4.69) is 5.32 Å². The summed E-state index contributed by atoms with van der Waals surface area (Å²) in [5, 5.41) is 4.85. The minimum Gasteiger partial charge on any atom is -0.350 e. The normalized spacial score (nSPS) is 12.5. The smallest absolute Gasteiger partial charge is 0.237 e. The van der Waals surface area contributed by atoms with Gasteiger partial charge in [-0.3, -0.25) is 4.79 Å². The van der Waals surface area contributed by atoms with Crippen LogP contribution in [0, 0.1) is 6.92 Å². The molecule has 1 aromatic heterocycles. The van der Waals surface area contributed by atoms with Crippen LogP contribution in [0.5, 0.6) is 0 Å². The molecule has 3 nitrogen and oxygen atoms in total. The van der Waals surface area contributed by atoms with Crippen LogP contribution >= 0.6 is 11.3 Å². The Morgan fingerprint density at radius 2 is 2.43 bits per heavy atom. The van der Waals surface area contributed by atoms with Crippen molar-refractivity contribution in [2.75, 3.05) is 0 Å². The molecule has 1 amide bonds. The molecule has 1 heterocycles. The number of nitrogens with two attached hydrogens (primary N) is 1. The highest BCUT2D eigenvalue weighted by Gasteiger charge is 2.10. The Bertz CT molecular complexity index is 309. The zero-order chi connectivity index (χ0) is 10.6. The second-order valence-electron chi connectivity index (χ2n) is 3.26. The number of hydrogen-bond donors (Lipinski definition) is 2. The SMILES string of the molecule is CC[C@H](N)C(=O)NCc1sccc1C. The molecule has 14 heavy (non-hydrogen) atoms. The van der Waals surface area contributed by atoms with E-state index in [1.165, 1.54) is 10.4 Å². The summed E-state index contributed by atoms with van der Waals surface area (Å²) in [6, 6.07) is 1.67. The van der Waals surface area contributed by atoms with Crippen LogP contribution < -0.4 is 11.1 Å². The molecule has 0 radical (unpaired) electrons. The summed E-state index contributed by atoms with van der Waals surface area (Å²) in [7, 11) is 0. The second kappa shape index (κ2) is 5.12. The second-order valence-corrected chi connectivity index (χ2v) is 4.26. The van der Waals surface area contributed by atoms with Gasteiger partial charge in [0.25, 0.3) is 0 Å². The van der Waals surface area contributed by atoms with Crippen molar-refractivity contribution in [1.82, 2.24) is 5.32 Å². The standard InChI is InChI=1S/C10H16N2OS/c1-3-8(11)10(13)12-6-9-7(2)4-5-14-9/h4-5,8H,3,6,11H2,1-2H3,(H,12,13)/t8-/m0/s1. The first kappa shape index (κ1) is 11.2. The van der Waals surface area contributed by atoms with Gasteiger partial charge in [-0.1, -0.05) is 6.92 Å². The number of rotatable bonds is 4. The lowest BCUT2D eigenvalue weighted by Crippen LogP contribution is -2.39. The first-order chi connectivity index (χ1) is 6.65. The van der Waals surface area contributed by atoms with Gasteiger partial charge in [0.05, 0.1) is 12.6 Å². The maximum atomic E-state index is 11.3. The molecule has 1 atom stereocenters. The Morgan fingerprint density at radius 3 is 2.93 bits per heavy atom. The number of aryl methyl sites for hydroxylation is 1. The van der Waals surface area contributed by atoms with Crippen molar-refractivity contribution in [3.8, 4) is 0 Å². The zero-order valence-corrected chi connectivity index (χ0v) is 9.36. The van der Waals surface area contributed by atoms with Crippen LogP contribution in [-0.2, 0) is 11.3 Å². The van der Waals surface area contributed by atoms with Crippen LogP contribution in [0.2, 0.25) is 0 Å². The van der Waals surface area contributed by atoms with E-state index in [1.807, 2.05) is 25.3 Å². The Morgan fingerprint density at radius 1 is 1.71 bits per heavy atom. The van der Waals surface area contributed by atoms with Crippen molar-refractivity contribution in [2.24, 2.45) is 5.73 Å². The molecular formula is C10H16N2OS. The summed E-state index contributed by atoms with van der Waals surface area (Å²) in [5.74, 6) is -0.0692. The molecular weight excluding hydrogens is 196 g/mol. The lowest BCUT2D eigenvalue weighted by Gasteiger charge is -2.09. The molecule has 4 heteroatoms. The molecule has 0 spiro atoms. The van der Waals surface area contributed by atoms with E-state index >= 15 is 0 Å². The van der Waals surface area contributed by atoms with Gasteiger partial charge >= 0.3 is 0 Å². The molecule has 0 saturated heterocycles. The third kappa shape index (κ3) is 2.82. The van der Waals surface area contributed by atoms with E-state index in [9.17, 15) is 4.79 Å². The quantitative estimate of drug-likeness (QED) is 0.793. The molecule has 0 fully saturated rings. The number of carbonyl (C=O) groups is 1. The summed E-state index contributed by atoms with van der Waals surface area (Å²) in [6.45, 7) is 4.54. The third-order valence-corrected chi connectivity index (χ3v) is 3.19. The molecule has 1 rings (SSSR count). The molecule has 1 aromatic rings. The molecule has 3 N–H and O–H groups in total. The fraction of sp³-hybridized carbons (Fsp3) is 0.500. The lowest BCUT2D eigenvalue weighted by atomic mass is 10.2. The Balaban J connectivity index is 2.41. The predicted molar refractivity (Wildman–Crippen MR) is 59.2 cm³/mol. The minimum atomic E-state index is -0.379. The molecule has 0 aliphatic rings. The zero-order valence-electron chi connectivity index (χ0n) is 8.54. The summed E-state index contributed by atoms with van der Waals surface area (Å²) >= 11 is 1.66. The molecule has 0 bridgehead atoms. The summed E-state index contributed by atoms with van der Waals surface area (Å²) in [4.78, 5) is 12.5. The fourth-order valence-electron chi connectivity index (χ4n) is 1.07. The van der Waals surface area contributed by atoms with Crippen LogP contribution in [0.15, 0.2) is 11.4 Å². The van der Waals surface area contributed by atoms with Crippen molar-refractivity contribution in [3.05, 3.63) is 21.9 Å². The van der Waals surface area contributed by atoms with Crippen LogP contribution in [0.3, 0.4) is 0 Å². The van der Waals surface area contributed by atoms with Crippen LogP contribution in [0.4, 0.5) is 0 Å². The highest BCUT2D eigenvalue weighted by molar-refractivity contribution is 7.10. The monoisotopic (exact) mass is 212 g/mol. The topological polar surface area (TPSA) is 55.1 Å². The Hall–Kier alpha value is -0.870. The van der Waals surface area contributed by atoms with Gasteiger partial charge in [0, 0.05) is 4.88 Å². The molecule has 0 saturated carbocycles. The number of amides is 1. The van der Waals surface area contributed by atoms with Crippen molar-refractivity contribution in [2.45, 2.75) is 32.9 Å². The van der Waals surface area contributed by atoms with E-state index in [-0.39, 0.29) is 11.9 Å². The number of nitrogens with one attached hydrogen (secondary N) is 1. The van der Waals surface area contributed by atoms with Gasteiger partial charge < -0.3 is 11.1 Å². The average Bonchev–Trinajstić information content (AvgIpc) is 2.59. The Kier molecular flexibility index (Phi) is 4.10. The highest BCUT2D eigenvalue weighted by Crippen LogP contribution is 2.14. The van der Waals surface area contributed by atoms with Crippen LogP contribution in [-0.4, -0.2) is 11.9 Å². The van der Waals surface area contributed by atoms with Crippen LogP contribution in [0.25, 0.3) is 0 Å². The summed E-state index contributed by atoms with van der Waals surface area (Å²) in [6.07, 6.45) is 0.676. The van der Waals surface area contributed by atoms with E-state index in [0.29, 0.717) is 13.0 Å². The van der Waals surface area contributed by atoms with Gasteiger partial charge in [-0.25, -0.2) is 0 Å². The summed E-state index contributed by atoms with van der Waals surface area (Å²) < 4.78 is 0. The maximum absolute atomic E-state index is 11.3. The van der Waals surface area contributed by atoms with Gasteiger partial charge in [-0.05, 0) is 30.4 Å². The van der Waals surface area contributed by atoms with Crippen molar-refractivity contribution in [1.29, 1.82) is 0 Å². The molecule has 0 aliphatic carbocycles. The van der Waals surface area contributed by atoms with Crippen molar-refractivity contribution in [3.63, 3.8) is 0 Å². The van der Waals surface area contributed by atoms with E-state index in [0.717, 1.165) is 0 Å². The van der Waals surface area contributed by atoms with Gasteiger partial charge in [-0.2, -0.15) is 0 Å². The molecule has 0 aliphatic heterocycles. The van der Waals surface area contributed by atoms with E-state index in [1.54, 1.807) is 11.3 Å². The first-order valence-electron chi connectivity index (χ1n) is 4.71. The van der Waals surface area contributed by atoms with E-state index in [4.69, 9.17) is 5.73 Å². The largest absolute Gasteiger partial charge is 0.350 e. The Labute approximate surface area is 88.3 Å². The number of hydrogen-bond acceptors (Lipinski definition) is 3. The predicted octanol–water partition coefficient (Wildman–Crippen LogP) is 1.41. The number of thiophene rings is 1. The highest BCUT2D eigenvalue weighted by atomic mass is 32.1. The van der Waals surface area contributed by atoms with Crippen LogP contribution in [0.1, 0.15) is 23.8 Å². The number of carbonyl (C=O) groups excluding carboxylic acids is 1. The first-order valence-corrected chi connectivity index (χ1v) is 5.59. The summed E-state index contributed by atoms with van der Waals surface area (Å²) in [5.41, 5.74) is 6.81. The average molecular weight is 212 g/mol. The van der Waals surface area contributed by atoms with Crippen molar-refractivity contribution >= 4 is 17.2 Å². The lowest BCUT2D eigenvalue weighted by molar-refractivity contribution is -0.122. The van der Waals surface area contributed by atoms with E-state index < -0.39 is 0 Å². The van der Waals surface area contributed by atoms with Gasteiger partial charge in [0.2, 0.25) is 5.91 Å². The molecule has 78 valence electrons.